The fourth-order valence-electron chi connectivity index (χ4n) is 1.95. The van der Waals surface area contributed by atoms with Gasteiger partial charge in [0.1, 0.15) is 0 Å². The zero-order chi connectivity index (χ0) is 13.9. The molecule has 5 heteroatoms. The Morgan fingerprint density at radius 3 is 2.00 bits per heavy atom. The minimum absolute atomic E-state index is 0.0418. The van der Waals surface area contributed by atoms with Gasteiger partial charge in [-0.05, 0) is 35.0 Å². The maximum absolute atomic E-state index is 13.3. The molecule has 0 aliphatic heterocycles. The van der Waals surface area contributed by atoms with E-state index in [0.29, 0.717) is 5.69 Å². The van der Waals surface area contributed by atoms with Crippen LogP contribution < -0.4 is 5.32 Å². The van der Waals surface area contributed by atoms with E-state index < -0.39 is 11.6 Å². The van der Waals surface area contributed by atoms with Crippen molar-refractivity contribution < 1.29 is 8.78 Å². The standard InChI is InChI=1S/C15H11F2NS2/c16-11-6-5-10(9-12(11)17)18-15(13-3-1-7-19-13)14-4-2-8-20-14/h1-9,15,18H. The number of hydrogen-bond acceptors (Lipinski definition) is 3. The van der Waals surface area contributed by atoms with E-state index in [4.69, 9.17) is 0 Å². The number of hydrogen-bond donors (Lipinski definition) is 1. The Hall–Kier alpha value is -1.72. The van der Waals surface area contributed by atoms with E-state index in [0.717, 1.165) is 15.8 Å². The summed E-state index contributed by atoms with van der Waals surface area (Å²) in [4.78, 5) is 2.27. The number of rotatable bonds is 4. The molecule has 0 bridgehead atoms. The molecule has 0 amide bonds. The first-order valence-electron chi connectivity index (χ1n) is 6.02. The Kier molecular flexibility index (Phi) is 3.80. The van der Waals surface area contributed by atoms with Crippen molar-refractivity contribution in [3.05, 3.63) is 74.6 Å². The molecule has 1 N–H and O–H groups in total. The van der Waals surface area contributed by atoms with Crippen LogP contribution in [0.2, 0.25) is 0 Å². The van der Waals surface area contributed by atoms with Gasteiger partial charge >= 0.3 is 0 Å². The van der Waals surface area contributed by atoms with Crippen molar-refractivity contribution in [3.8, 4) is 0 Å². The lowest BCUT2D eigenvalue weighted by Gasteiger charge is -2.17. The van der Waals surface area contributed by atoms with E-state index in [-0.39, 0.29) is 6.04 Å². The Bertz CT molecular complexity index is 644. The Morgan fingerprint density at radius 2 is 1.50 bits per heavy atom. The summed E-state index contributed by atoms with van der Waals surface area (Å²) in [5, 5.41) is 7.27. The second-order valence-corrected chi connectivity index (χ2v) is 6.20. The zero-order valence-electron chi connectivity index (χ0n) is 10.3. The minimum atomic E-state index is -0.842. The summed E-state index contributed by atoms with van der Waals surface area (Å²) in [6, 6.07) is 11.8. The second kappa shape index (κ2) is 5.73. The summed E-state index contributed by atoms with van der Waals surface area (Å²) in [7, 11) is 0. The second-order valence-electron chi connectivity index (χ2n) is 4.24. The average molecular weight is 307 g/mol. The maximum atomic E-state index is 13.3. The van der Waals surface area contributed by atoms with Crippen molar-refractivity contribution in [2.45, 2.75) is 6.04 Å². The molecule has 0 unspecified atom stereocenters. The van der Waals surface area contributed by atoms with Gasteiger partial charge in [0.05, 0.1) is 6.04 Å². The third-order valence-electron chi connectivity index (χ3n) is 2.89. The van der Waals surface area contributed by atoms with E-state index in [1.54, 1.807) is 28.7 Å². The van der Waals surface area contributed by atoms with E-state index >= 15 is 0 Å². The molecule has 0 aliphatic rings. The van der Waals surface area contributed by atoms with Crippen molar-refractivity contribution in [3.63, 3.8) is 0 Å². The van der Waals surface area contributed by atoms with Crippen LogP contribution in [-0.4, -0.2) is 0 Å². The summed E-state index contributed by atoms with van der Waals surface area (Å²) < 4.78 is 26.3. The van der Waals surface area contributed by atoms with Crippen LogP contribution in [0.1, 0.15) is 15.8 Å². The Labute approximate surface area is 123 Å². The topological polar surface area (TPSA) is 12.0 Å². The minimum Gasteiger partial charge on any atom is -0.373 e. The van der Waals surface area contributed by atoms with Crippen LogP contribution in [-0.2, 0) is 0 Å². The van der Waals surface area contributed by atoms with Gasteiger partial charge in [0.2, 0.25) is 0 Å². The number of halogens is 2. The van der Waals surface area contributed by atoms with Crippen LogP contribution in [0, 0.1) is 11.6 Å². The SMILES string of the molecule is Fc1ccc(NC(c2cccs2)c2cccs2)cc1F. The molecule has 0 aliphatic carbocycles. The first kappa shape index (κ1) is 13.3. The number of nitrogens with one attached hydrogen (secondary N) is 1. The molecule has 0 fully saturated rings. The molecule has 0 atom stereocenters. The molecule has 0 saturated heterocycles. The van der Waals surface area contributed by atoms with Gasteiger partial charge in [-0.2, -0.15) is 0 Å². The van der Waals surface area contributed by atoms with E-state index in [1.807, 2.05) is 35.0 Å². The third kappa shape index (κ3) is 2.73. The van der Waals surface area contributed by atoms with Crippen LogP contribution in [0.4, 0.5) is 14.5 Å². The van der Waals surface area contributed by atoms with Crippen LogP contribution in [0.15, 0.2) is 53.2 Å². The van der Waals surface area contributed by atoms with Gasteiger partial charge in [-0.3, -0.25) is 0 Å². The molecular formula is C15H11F2NS2. The van der Waals surface area contributed by atoms with E-state index in [2.05, 4.69) is 5.32 Å². The molecule has 1 aromatic carbocycles. The lowest BCUT2D eigenvalue weighted by molar-refractivity contribution is 0.509. The highest BCUT2D eigenvalue weighted by atomic mass is 32.1. The predicted octanol–water partition coefficient (Wildman–Crippen LogP) is 5.29. The molecule has 0 spiro atoms. The predicted molar refractivity (Wildman–Crippen MR) is 80.5 cm³/mol. The van der Waals surface area contributed by atoms with Crippen LogP contribution in [0.5, 0.6) is 0 Å². The molecule has 2 heterocycles. The highest BCUT2D eigenvalue weighted by Crippen LogP contribution is 2.32. The molecule has 102 valence electrons. The smallest absolute Gasteiger partial charge is 0.160 e. The lowest BCUT2D eigenvalue weighted by Crippen LogP contribution is -2.09. The van der Waals surface area contributed by atoms with Gasteiger partial charge in [-0.1, -0.05) is 12.1 Å². The normalized spacial score (nSPS) is 10.9. The summed E-state index contributed by atoms with van der Waals surface area (Å²) >= 11 is 3.26. The average Bonchev–Trinajstić information content (AvgIpc) is 3.12. The molecule has 2 aromatic heterocycles. The van der Waals surface area contributed by atoms with Gasteiger partial charge in [0, 0.05) is 21.5 Å². The summed E-state index contributed by atoms with van der Waals surface area (Å²) in [5.74, 6) is -1.68. The largest absolute Gasteiger partial charge is 0.373 e. The van der Waals surface area contributed by atoms with Crippen molar-refractivity contribution in [2.75, 3.05) is 5.32 Å². The molecule has 3 rings (SSSR count). The Balaban J connectivity index is 1.92. The highest BCUT2D eigenvalue weighted by Gasteiger charge is 2.16. The monoisotopic (exact) mass is 307 g/mol. The van der Waals surface area contributed by atoms with Crippen LogP contribution >= 0.6 is 22.7 Å². The molecule has 20 heavy (non-hydrogen) atoms. The first-order chi connectivity index (χ1) is 9.74. The summed E-state index contributed by atoms with van der Waals surface area (Å²) in [6.07, 6.45) is 0. The molecule has 3 aromatic rings. The number of benzene rings is 1. The summed E-state index contributed by atoms with van der Waals surface area (Å²) in [6.45, 7) is 0. The molecular weight excluding hydrogens is 296 g/mol. The Morgan fingerprint density at radius 1 is 0.850 bits per heavy atom. The van der Waals surface area contributed by atoms with Crippen molar-refractivity contribution in [2.24, 2.45) is 0 Å². The summed E-state index contributed by atoms with van der Waals surface area (Å²) in [5.41, 5.74) is 0.565. The fourth-order valence-corrected chi connectivity index (χ4v) is 3.61. The number of anilines is 1. The van der Waals surface area contributed by atoms with Gasteiger partial charge in [-0.25, -0.2) is 8.78 Å². The highest BCUT2D eigenvalue weighted by molar-refractivity contribution is 7.11. The molecule has 1 nitrogen and oxygen atoms in total. The third-order valence-corrected chi connectivity index (χ3v) is 4.76. The van der Waals surface area contributed by atoms with Gasteiger partial charge in [0.25, 0.3) is 0 Å². The van der Waals surface area contributed by atoms with Crippen molar-refractivity contribution in [1.29, 1.82) is 0 Å². The van der Waals surface area contributed by atoms with Crippen molar-refractivity contribution >= 4 is 28.4 Å². The molecule has 0 saturated carbocycles. The van der Waals surface area contributed by atoms with Gasteiger partial charge < -0.3 is 5.32 Å². The van der Waals surface area contributed by atoms with Crippen molar-refractivity contribution in [1.82, 2.24) is 0 Å². The van der Waals surface area contributed by atoms with E-state index in [9.17, 15) is 8.78 Å². The van der Waals surface area contributed by atoms with Crippen LogP contribution in [0.3, 0.4) is 0 Å². The molecule has 0 radical (unpaired) electrons. The lowest BCUT2D eigenvalue weighted by atomic mass is 10.2. The van der Waals surface area contributed by atoms with E-state index in [1.165, 1.54) is 6.07 Å². The van der Waals surface area contributed by atoms with Gasteiger partial charge in [0.15, 0.2) is 11.6 Å². The first-order valence-corrected chi connectivity index (χ1v) is 7.78. The quantitative estimate of drug-likeness (QED) is 0.690. The van der Waals surface area contributed by atoms with Crippen LogP contribution in [0.25, 0.3) is 0 Å². The fraction of sp³-hybridized carbons (Fsp3) is 0.0667. The zero-order valence-corrected chi connectivity index (χ0v) is 12.0. The maximum Gasteiger partial charge on any atom is 0.160 e. The number of thiophene rings is 2. The van der Waals surface area contributed by atoms with Gasteiger partial charge in [-0.15, -0.1) is 22.7 Å².